The van der Waals surface area contributed by atoms with Crippen LogP contribution in [-0.2, 0) is 134 Å². The maximum absolute atomic E-state index is 6.56. The van der Waals surface area contributed by atoms with Gasteiger partial charge >= 0.3 is 299 Å². The van der Waals surface area contributed by atoms with Gasteiger partial charge in [0.05, 0.1) is 159 Å². The standard InChI is InChI=1S/C57H114GeO29/c1-2-58(85-55-52-82-49-46-79-43-40-76-37-34-73-31-28-70-25-22-67-19-16-65-15-14-64-13-12-63-11-10-62-9-8-61-7-6-60-5-4-59-3-1)86-56-53-83-50-47-80-44-41-77-38-35-74-32-29-71-26-23-68-20-17-66-18-21-69-24-27-72-30-33-75-36-39-78-42-45-81-48-51-84-54-57-87-58/h1-57H2. The fourth-order valence-electron chi connectivity index (χ4n) is 6.98. The van der Waals surface area contributed by atoms with Gasteiger partial charge in [-0.05, 0) is 0 Å². The van der Waals surface area contributed by atoms with Crippen LogP contribution in [0.2, 0.25) is 5.25 Å². The van der Waals surface area contributed by atoms with Crippen molar-refractivity contribution in [2.24, 2.45) is 0 Å². The first-order chi connectivity index (χ1) is 43.4. The predicted octanol–water partition coefficient (Wildman–Crippen LogP) is 0.824. The van der Waals surface area contributed by atoms with E-state index in [9.17, 15) is 0 Å². The number of rotatable bonds is 0. The van der Waals surface area contributed by atoms with Crippen molar-refractivity contribution in [2.75, 3.05) is 363 Å². The molecule has 0 aromatic rings. The molecule has 2 rings (SSSR count). The molecule has 2 saturated heterocycles. The van der Waals surface area contributed by atoms with E-state index in [-0.39, 0.29) is 19.8 Å². The van der Waals surface area contributed by atoms with Crippen molar-refractivity contribution in [3.05, 3.63) is 0 Å². The van der Waals surface area contributed by atoms with Gasteiger partial charge in [-0.15, -0.1) is 0 Å². The Morgan fingerprint density at radius 1 is 0.103 bits per heavy atom. The van der Waals surface area contributed by atoms with Crippen LogP contribution in [0.1, 0.15) is 6.42 Å². The predicted molar refractivity (Wildman–Crippen MR) is 314 cm³/mol. The Balaban J connectivity index is 1.86. The van der Waals surface area contributed by atoms with Crippen LogP contribution in [0.5, 0.6) is 0 Å². The van der Waals surface area contributed by atoms with Crippen LogP contribution in [0.25, 0.3) is 0 Å². The van der Waals surface area contributed by atoms with Crippen molar-refractivity contribution in [1.29, 1.82) is 0 Å². The van der Waals surface area contributed by atoms with Gasteiger partial charge in [-0.2, -0.15) is 0 Å². The summed E-state index contributed by atoms with van der Waals surface area (Å²) >= 11 is -4.01. The first-order valence-corrected chi connectivity index (χ1v) is 35.4. The third-order valence-corrected chi connectivity index (χ3v) is 17.4. The fourth-order valence-corrected chi connectivity index (χ4v) is 12.1. The molecular formula is C57H114GeO29. The molecule has 0 aromatic carbocycles. The summed E-state index contributed by atoms with van der Waals surface area (Å²) in [4.78, 5) is 0. The van der Waals surface area contributed by atoms with E-state index in [1.54, 1.807) is 0 Å². The van der Waals surface area contributed by atoms with Crippen molar-refractivity contribution in [3.63, 3.8) is 0 Å². The van der Waals surface area contributed by atoms with Crippen molar-refractivity contribution >= 4 is 14.3 Å². The van der Waals surface area contributed by atoms with E-state index in [4.69, 9.17) is 134 Å². The fraction of sp³-hybridized carbons (Fsp3) is 1.00. The summed E-state index contributed by atoms with van der Waals surface area (Å²) < 4.78 is 167. The first-order valence-electron chi connectivity index (χ1n) is 31.3. The van der Waals surface area contributed by atoms with E-state index >= 15 is 0 Å². The zero-order valence-corrected chi connectivity index (χ0v) is 54.7. The summed E-state index contributed by atoms with van der Waals surface area (Å²) in [6.07, 6.45) is 0.627. The van der Waals surface area contributed by atoms with Crippen molar-refractivity contribution in [2.45, 2.75) is 11.7 Å². The SMILES string of the molecule is C1COCCOCCOCCOCCOCCOCCOCCOCCOCCOCCOCCOCCOCC[O][Ge]2([CH2]1)[O]CCOCCOCCOCCOCCOCCOCCOCCOCCOCCOCCOCCOCCOCC[O]2. The second kappa shape index (κ2) is 72.8. The summed E-state index contributed by atoms with van der Waals surface area (Å²) in [7, 11) is 0. The molecule has 0 saturated carbocycles. The molecule has 0 radical (unpaired) electrons. The van der Waals surface area contributed by atoms with Gasteiger partial charge < -0.3 is 66.3 Å². The summed E-state index contributed by atoms with van der Waals surface area (Å²) in [5, 5.41) is 0.524. The molecule has 0 aliphatic carbocycles. The first kappa shape index (κ1) is 82.5. The van der Waals surface area contributed by atoms with E-state index < -0.39 is 14.3 Å². The number of hydrogen-bond donors (Lipinski definition) is 0. The third-order valence-electron chi connectivity index (χ3n) is 11.3. The molecule has 0 amide bonds. The van der Waals surface area contributed by atoms with Crippen LogP contribution in [0, 0.1) is 0 Å². The second-order valence-electron chi connectivity index (χ2n) is 18.3. The zero-order chi connectivity index (χ0) is 61.3. The Kier molecular flexibility index (Phi) is 69.0. The summed E-state index contributed by atoms with van der Waals surface area (Å²) in [5.74, 6) is 0. The van der Waals surface area contributed by atoms with E-state index in [2.05, 4.69) is 0 Å². The minimum atomic E-state index is -4.01. The Morgan fingerprint density at radius 3 is 0.310 bits per heavy atom. The molecule has 29 nitrogen and oxygen atoms in total. The quantitative estimate of drug-likeness (QED) is 0.304. The topological polar surface area (TPSA) is 268 Å². The minimum absolute atomic E-state index is 0.252. The van der Waals surface area contributed by atoms with E-state index in [0.29, 0.717) is 355 Å². The van der Waals surface area contributed by atoms with Gasteiger partial charge in [0.25, 0.3) is 0 Å². The van der Waals surface area contributed by atoms with E-state index in [1.807, 2.05) is 0 Å². The van der Waals surface area contributed by atoms with Gasteiger partial charge in [-0.3, -0.25) is 0 Å². The molecule has 2 aliphatic heterocycles. The Labute approximate surface area is 522 Å². The van der Waals surface area contributed by atoms with Gasteiger partial charge in [-0.1, -0.05) is 0 Å². The van der Waals surface area contributed by atoms with Crippen molar-refractivity contribution < 1.29 is 134 Å². The van der Waals surface area contributed by atoms with Crippen LogP contribution in [-0.4, -0.2) is 378 Å². The van der Waals surface area contributed by atoms with E-state index in [1.165, 1.54) is 0 Å². The van der Waals surface area contributed by atoms with Crippen LogP contribution >= 0.6 is 0 Å². The molecule has 0 atom stereocenters. The van der Waals surface area contributed by atoms with Crippen LogP contribution < -0.4 is 0 Å². The average Bonchev–Trinajstić information content (AvgIpc) is 3.64. The molecular weight excluding hydrogens is 1220 g/mol. The Bertz CT molecular complexity index is 1100. The monoisotopic (exact) mass is 1340 g/mol. The molecule has 0 N–H and O–H groups in total. The van der Waals surface area contributed by atoms with Crippen LogP contribution in [0.3, 0.4) is 0 Å². The molecule has 1 spiro atoms. The third kappa shape index (κ3) is 65.3. The molecule has 520 valence electrons. The normalized spacial score (nSPS) is 24.8. The van der Waals surface area contributed by atoms with Gasteiger partial charge in [-0.25, -0.2) is 0 Å². The van der Waals surface area contributed by atoms with Gasteiger partial charge in [0.1, 0.15) is 0 Å². The summed E-state index contributed by atoms with van der Waals surface area (Å²) in [6.45, 7) is 23.8. The summed E-state index contributed by atoms with van der Waals surface area (Å²) in [5.41, 5.74) is 0. The molecule has 0 unspecified atom stereocenters. The number of hydrogen-bond acceptors (Lipinski definition) is 29. The molecule has 0 bridgehead atoms. The maximum atomic E-state index is 6.56. The Morgan fingerprint density at radius 2 is 0.195 bits per heavy atom. The van der Waals surface area contributed by atoms with E-state index in [0.717, 1.165) is 0 Å². The second-order valence-corrected chi connectivity index (χ2v) is 24.0. The molecule has 30 heteroatoms. The van der Waals surface area contributed by atoms with Crippen molar-refractivity contribution in [3.8, 4) is 0 Å². The zero-order valence-electron chi connectivity index (χ0n) is 52.6. The van der Waals surface area contributed by atoms with Gasteiger partial charge in [0.2, 0.25) is 0 Å². The molecule has 2 heterocycles. The molecule has 2 fully saturated rings. The van der Waals surface area contributed by atoms with Gasteiger partial charge in [0, 0.05) is 0 Å². The van der Waals surface area contributed by atoms with Gasteiger partial charge in [0.15, 0.2) is 0 Å². The molecule has 0 aromatic heterocycles. The Hall–Kier alpha value is -0.617. The van der Waals surface area contributed by atoms with Crippen LogP contribution in [0.15, 0.2) is 0 Å². The van der Waals surface area contributed by atoms with Crippen molar-refractivity contribution in [1.82, 2.24) is 0 Å². The molecule has 2 aliphatic rings. The number of ether oxygens (including phenoxy) is 26. The average molecular weight is 1340 g/mol. The van der Waals surface area contributed by atoms with Crippen LogP contribution in [0.4, 0.5) is 0 Å². The summed E-state index contributed by atoms with van der Waals surface area (Å²) in [6, 6.07) is 0. The molecule has 87 heavy (non-hydrogen) atoms.